The van der Waals surface area contributed by atoms with Gasteiger partial charge in [0.2, 0.25) is 6.79 Å². The molecule has 0 atom stereocenters. The van der Waals surface area contributed by atoms with Crippen molar-refractivity contribution < 1.29 is 23.7 Å². The van der Waals surface area contributed by atoms with Crippen LogP contribution in [0.15, 0.2) is 56.8 Å². The van der Waals surface area contributed by atoms with Crippen LogP contribution < -0.4 is 24.3 Å². The molecule has 2 aliphatic rings. The van der Waals surface area contributed by atoms with Crippen LogP contribution in [0.2, 0.25) is 5.02 Å². The van der Waals surface area contributed by atoms with Crippen molar-refractivity contribution in [3.8, 4) is 23.0 Å². The molecule has 0 aromatic heterocycles. The Hall–Kier alpha value is -3.14. The Morgan fingerprint density at radius 3 is 2.65 bits per heavy atom. The van der Waals surface area contributed by atoms with E-state index in [1.165, 1.54) is 11.8 Å². The van der Waals surface area contributed by atoms with Gasteiger partial charge in [-0.1, -0.05) is 33.6 Å². The number of fused-ring (bicyclic) bond motifs is 1. The minimum absolute atomic E-state index is 0.212. The first-order chi connectivity index (χ1) is 17.8. The fourth-order valence-corrected chi connectivity index (χ4v) is 5.23. The lowest BCUT2D eigenvalue weighted by Crippen LogP contribution is -2.19. The summed E-state index contributed by atoms with van der Waals surface area (Å²) in [6.45, 7) is 4.49. The minimum atomic E-state index is -0.229. The van der Waals surface area contributed by atoms with Gasteiger partial charge in [0.05, 0.1) is 22.7 Å². The van der Waals surface area contributed by atoms with Crippen molar-refractivity contribution in [2.75, 3.05) is 13.9 Å². The summed E-state index contributed by atoms with van der Waals surface area (Å²) in [5.41, 5.74) is 4.53. The fourth-order valence-electron chi connectivity index (χ4n) is 3.89. The standard InChI is InChI=1S/C27H22BrClN2O5S/c1-14-6-18(7-15(2)24(14)28)30-27-31-26(32)23(37-27)11-17-8-19(29)25(22(10-17)33-3)34-12-16-4-5-20-21(9-16)36-13-35-20/h4-11H,12-13H2,1-3H3,(H,30,31,32)/b23-11-. The molecule has 0 unspecified atom stereocenters. The summed E-state index contributed by atoms with van der Waals surface area (Å²) >= 11 is 11.4. The number of amides is 1. The number of nitrogens with one attached hydrogen (secondary N) is 1. The van der Waals surface area contributed by atoms with Gasteiger partial charge >= 0.3 is 0 Å². The molecule has 3 aromatic rings. The van der Waals surface area contributed by atoms with Crippen molar-refractivity contribution in [1.29, 1.82) is 0 Å². The largest absolute Gasteiger partial charge is 0.493 e. The Bertz CT molecular complexity index is 1450. The average molecular weight is 602 g/mol. The zero-order chi connectivity index (χ0) is 26.1. The van der Waals surface area contributed by atoms with Crippen molar-refractivity contribution in [3.63, 3.8) is 0 Å². The number of methoxy groups -OCH3 is 1. The molecule has 0 aliphatic carbocycles. The molecule has 1 saturated heterocycles. The van der Waals surface area contributed by atoms with E-state index < -0.39 is 0 Å². The number of halogens is 2. The fraction of sp³-hybridized carbons (Fsp3) is 0.185. The van der Waals surface area contributed by atoms with Gasteiger partial charge in [-0.3, -0.25) is 4.79 Å². The van der Waals surface area contributed by atoms with Crippen LogP contribution in [0.4, 0.5) is 5.69 Å². The summed E-state index contributed by atoms with van der Waals surface area (Å²) in [6, 6.07) is 13.0. The van der Waals surface area contributed by atoms with Gasteiger partial charge in [0, 0.05) is 4.47 Å². The molecule has 1 fully saturated rings. The molecular formula is C27H22BrClN2O5S. The van der Waals surface area contributed by atoms with Crippen LogP contribution in [0.5, 0.6) is 23.0 Å². The zero-order valence-corrected chi connectivity index (χ0v) is 23.3. The predicted molar refractivity (Wildman–Crippen MR) is 149 cm³/mol. The van der Waals surface area contributed by atoms with Crippen LogP contribution in [0.25, 0.3) is 6.08 Å². The Morgan fingerprint density at radius 1 is 1.14 bits per heavy atom. The smallest absolute Gasteiger partial charge is 0.264 e. The van der Waals surface area contributed by atoms with E-state index in [1.807, 2.05) is 44.2 Å². The molecule has 7 nitrogen and oxygen atoms in total. The van der Waals surface area contributed by atoms with Gasteiger partial charge in [-0.2, -0.15) is 0 Å². The first-order valence-electron chi connectivity index (χ1n) is 11.3. The van der Waals surface area contributed by atoms with Crippen LogP contribution in [0.1, 0.15) is 22.3 Å². The SMILES string of the molecule is COc1cc(/C=C2\SC(=Nc3cc(C)c(Br)c(C)c3)NC2=O)cc(Cl)c1OCc1ccc2c(c1)OCO2. The third-order valence-electron chi connectivity index (χ3n) is 5.67. The number of carbonyl (C=O) groups is 1. The van der Waals surface area contributed by atoms with Crippen molar-refractivity contribution in [2.24, 2.45) is 4.99 Å². The maximum absolute atomic E-state index is 12.6. The van der Waals surface area contributed by atoms with Gasteiger partial charge in [-0.15, -0.1) is 0 Å². The molecule has 0 radical (unpaired) electrons. The molecule has 10 heteroatoms. The van der Waals surface area contributed by atoms with E-state index in [2.05, 4.69) is 26.2 Å². The highest BCUT2D eigenvalue weighted by Crippen LogP contribution is 2.39. The van der Waals surface area contributed by atoms with E-state index in [4.69, 9.17) is 30.5 Å². The Labute approximate surface area is 231 Å². The Morgan fingerprint density at radius 2 is 1.89 bits per heavy atom. The Balaban J connectivity index is 1.34. The van der Waals surface area contributed by atoms with Gasteiger partial charge in [0.1, 0.15) is 6.61 Å². The normalized spacial score (nSPS) is 16.4. The topological polar surface area (TPSA) is 78.4 Å². The molecule has 0 saturated carbocycles. The van der Waals surface area contributed by atoms with Crippen molar-refractivity contribution in [1.82, 2.24) is 5.32 Å². The van der Waals surface area contributed by atoms with Crippen molar-refractivity contribution >= 4 is 62.1 Å². The number of nitrogens with zero attached hydrogens (tertiary/aromatic N) is 1. The van der Waals surface area contributed by atoms with Gasteiger partial charge in [-0.25, -0.2) is 4.99 Å². The maximum Gasteiger partial charge on any atom is 0.264 e. The van der Waals surface area contributed by atoms with Crippen LogP contribution >= 0.6 is 39.3 Å². The van der Waals surface area contributed by atoms with Crippen LogP contribution in [-0.2, 0) is 11.4 Å². The number of rotatable bonds is 6. The highest BCUT2D eigenvalue weighted by atomic mass is 79.9. The average Bonchev–Trinajstić information content (AvgIpc) is 3.47. The molecule has 2 aliphatic heterocycles. The van der Waals surface area contributed by atoms with Gasteiger partial charge in [-0.05, 0) is 90.3 Å². The quantitative estimate of drug-likeness (QED) is 0.309. The molecule has 1 amide bonds. The molecule has 1 N–H and O–H groups in total. The monoisotopic (exact) mass is 600 g/mol. The number of benzene rings is 3. The number of amidine groups is 1. The van der Waals surface area contributed by atoms with Crippen molar-refractivity contribution in [3.05, 3.63) is 79.1 Å². The highest BCUT2D eigenvalue weighted by molar-refractivity contribution is 9.10. The molecule has 3 aromatic carbocycles. The first-order valence-corrected chi connectivity index (χ1v) is 13.2. The number of ether oxygens (including phenoxy) is 4. The second-order valence-electron chi connectivity index (χ2n) is 8.39. The third-order valence-corrected chi connectivity index (χ3v) is 8.11. The van der Waals surface area contributed by atoms with Crippen LogP contribution in [0.3, 0.4) is 0 Å². The molecule has 5 rings (SSSR count). The molecule has 37 heavy (non-hydrogen) atoms. The van der Waals surface area contributed by atoms with Gasteiger partial charge in [0.15, 0.2) is 28.2 Å². The second kappa shape index (κ2) is 10.7. The van der Waals surface area contributed by atoms with E-state index in [9.17, 15) is 4.79 Å². The van der Waals surface area contributed by atoms with E-state index in [0.29, 0.717) is 43.7 Å². The number of aliphatic imine (C=N–C) groups is 1. The number of hydrogen-bond acceptors (Lipinski definition) is 7. The highest BCUT2D eigenvalue weighted by Gasteiger charge is 2.24. The molecular weight excluding hydrogens is 580 g/mol. The lowest BCUT2D eigenvalue weighted by molar-refractivity contribution is -0.115. The summed E-state index contributed by atoms with van der Waals surface area (Å²) in [7, 11) is 1.54. The number of hydrogen-bond donors (Lipinski definition) is 1. The van der Waals surface area contributed by atoms with Crippen LogP contribution in [-0.4, -0.2) is 25.0 Å². The summed E-state index contributed by atoms with van der Waals surface area (Å²) in [5, 5.41) is 3.70. The first kappa shape index (κ1) is 25.5. The number of aryl methyl sites for hydroxylation is 2. The lowest BCUT2D eigenvalue weighted by atomic mass is 10.1. The van der Waals surface area contributed by atoms with Crippen molar-refractivity contribution in [2.45, 2.75) is 20.5 Å². The van der Waals surface area contributed by atoms with Crippen LogP contribution in [0, 0.1) is 13.8 Å². The summed E-state index contributed by atoms with van der Waals surface area (Å²) in [4.78, 5) is 17.7. The maximum atomic E-state index is 12.6. The summed E-state index contributed by atoms with van der Waals surface area (Å²) in [5.74, 6) is 2.03. The van der Waals surface area contributed by atoms with E-state index >= 15 is 0 Å². The molecule has 0 spiro atoms. The second-order valence-corrected chi connectivity index (χ2v) is 10.6. The lowest BCUT2D eigenvalue weighted by Gasteiger charge is -2.14. The predicted octanol–water partition coefficient (Wildman–Crippen LogP) is 6.93. The third kappa shape index (κ3) is 5.58. The molecule has 2 heterocycles. The zero-order valence-electron chi connectivity index (χ0n) is 20.2. The number of carbonyl (C=O) groups excluding carboxylic acids is 1. The summed E-state index contributed by atoms with van der Waals surface area (Å²) < 4.78 is 23.3. The molecule has 190 valence electrons. The van der Waals surface area contributed by atoms with Gasteiger partial charge < -0.3 is 24.3 Å². The Kier molecular flexibility index (Phi) is 7.37. The molecule has 0 bridgehead atoms. The minimum Gasteiger partial charge on any atom is -0.493 e. The van der Waals surface area contributed by atoms with E-state index in [1.54, 1.807) is 25.3 Å². The summed E-state index contributed by atoms with van der Waals surface area (Å²) in [6.07, 6.45) is 1.75. The van der Waals surface area contributed by atoms with E-state index in [0.717, 1.165) is 26.9 Å². The van der Waals surface area contributed by atoms with Gasteiger partial charge in [0.25, 0.3) is 5.91 Å². The number of thioether (sulfide) groups is 1. The van der Waals surface area contributed by atoms with E-state index in [-0.39, 0.29) is 19.3 Å².